The molecule has 0 bridgehead atoms. The molecule has 0 saturated heterocycles. The topological polar surface area (TPSA) is 111 Å². The Morgan fingerprint density at radius 1 is 1.19 bits per heavy atom. The Bertz CT molecular complexity index is 764. The van der Waals surface area contributed by atoms with Gasteiger partial charge in [-0.15, -0.1) is 0 Å². The average molecular weight is 372 g/mol. The van der Waals surface area contributed by atoms with Gasteiger partial charge in [0.1, 0.15) is 17.5 Å². The maximum Gasteiger partial charge on any atom is 0.328 e. The zero-order valence-corrected chi connectivity index (χ0v) is 15.2. The first-order chi connectivity index (χ1) is 13.0. The number of benzene rings is 2. The second kappa shape index (κ2) is 10.2. The number of phenols is 1. The van der Waals surface area contributed by atoms with Gasteiger partial charge in [0.25, 0.3) is 5.91 Å². The normalized spacial score (nSPS) is 11.5. The number of carbonyl (C=O) groups is 2. The van der Waals surface area contributed by atoms with Crippen LogP contribution in [0.4, 0.5) is 0 Å². The van der Waals surface area contributed by atoms with E-state index in [-0.39, 0.29) is 17.7 Å². The van der Waals surface area contributed by atoms with Gasteiger partial charge in [0, 0.05) is 12.5 Å². The number of esters is 1. The van der Waals surface area contributed by atoms with Gasteiger partial charge in [0.2, 0.25) is 0 Å². The van der Waals surface area contributed by atoms with Crippen LogP contribution in [0.15, 0.2) is 48.5 Å². The van der Waals surface area contributed by atoms with Gasteiger partial charge < -0.3 is 25.6 Å². The fourth-order valence-electron chi connectivity index (χ4n) is 2.49. The van der Waals surface area contributed by atoms with Crippen molar-refractivity contribution in [3.05, 3.63) is 59.7 Å². The van der Waals surface area contributed by atoms with Crippen LogP contribution in [0.25, 0.3) is 0 Å². The first-order valence-corrected chi connectivity index (χ1v) is 8.63. The van der Waals surface area contributed by atoms with E-state index in [1.165, 1.54) is 19.2 Å². The summed E-state index contributed by atoms with van der Waals surface area (Å²) in [5, 5.41) is 12.7. The first-order valence-electron chi connectivity index (χ1n) is 8.63. The molecule has 4 N–H and O–H groups in total. The first kappa shape index (κ1) is 20.3. The van der Waals surface area contributed by atoms with Crippen LogP contribution in [0.5, 0.6) is 11.5 Å². The molecule has 144 valence electrons. The largest absolute Gasteiger partial charge is 0.507 e. The van der Waals surface area contributed by atoms with Crippen LogP contribution in [0.1, 0.15) is 22.3 Å². The summed E-state index contributed by atoms with van der Waals surface area (Å²) in [5.74, 6) is -0.937. The number of carbonyl (C=O) groups excluding carboxylic acids is 2. The highest BCUT2D eigenvalue weighted by Crippen LogP contribution is 2.24. The molecule has 0 aliphatic heterocycles. The van der Waals surface area contributed by atoms with Crippen molar-refractivity contribution >= 4 is 11.9 Å². The standard InChI is InChI=1S/C20H24N2O5/c1-26-20(25)17(12-14-6-3-2-4-7-14)22-19(24)16-9-8-15(13-18(16)23)27-11-5-10-21/h2-4,6-9,13,17,23H,5,10-12,21H2,1H3,(H,22,24). The molecule has 2 aromatic rings. The number of nitrogens with two attached hydrogens (primary N) is 1. The predicted octanol–water partition coefficient (Wildman–Crippen LogP) is 1.63. The van der Waals surface area contributed by atoms with E-state index in [0.29, 0.717) is 25.3 Å². The summed E-state index contributed by atoms with van der Waals surface area (Å²) in [4.78, 5) is 24.6. The lowest BCUT2D eigenvalue weighted by Crippen LogP contribution is -2.43. The van der Waals surface area contributed by atoms with E-state index in [1.807, 2.05) is 30.3 Å². The number of nitrogens with one attached hydrogen (secondary N) is 1. The smallest absolute Gasteiger partial charge is 0.328 e. The summed E-state index contributed by atoms with van der Waals surface area (Å²) in [6.45, 7) is 0.922. The highest BCUT2D eigenvalue weighted by Gasteiger charge is 2.24. The monoisotopic (exact) mass is 372 g/mol. The van der Waals surface area contributed by atoms with Gasteiger partial charge in [0.05, 0.1) is 19.3 Å². The predicted molar refractivity (Wildman–Crippen MR) is 101 cm³/mol. The number of ether oxygens (including phenoxy) is 2. The van der Waals surface area contributed by atoms with E-state index in [1.54, 1.807) is 6.07 Å². The number of aromatic hydroxyl groups is 1. The molecule has 0 radical (unpaired) electrons. The molecule has 1 atom stereocenters. The van der Waals surface area contributed by atoms with Crippen LogP contribution in [-0.4, -0.2) is 43.3 Å². The number of methoxy groups -OCH3 is 1. The fourth-order valence-corrected chi connectivity index (χ4v) is 2.49. The average Bonchev–Trinajstić information content (AvgIpc) is 2.68. The highest BCUT2D eigenvalue weighted by atomic mass is 16.5. The molecule has 27 heavy (non-hydrogen) atoms. The van der Waals surface area contributed by atoms with Gasteiger partial charge in [-0.05, 0) is 30.7 Å². The van der Waals surface area contributed by atoms with Gasteiger partial charge in [-0.25, -0.2) is 4.79 Å². The molecule has 0 aromatic heterocycles. The molecule has 7 heteroatoms. The van der Waals surface area contributed by atoms with Crippen molar-refractivity contribution in [3.63, 3.8) is 0 Å². The van der Waals surface area contributed by atoms with Crippen molar-refractivity contribution in [3.8, 4) is 11.5 Å². The van der Waals surface area contributed by atoms with Crippen molar-refractivity contribution in [1.82, 2.24) is 5.32 Å². The van der Waals surface area contributed by atoms with Crippen LogP contribution in [-0.2, 0) is 16.0 Å². The van der Waals surface area contributed by atoms with Crippen LogP contribution >= 0.6 is 0 Å². The van der Waals surface area contributed by atoms with Crippen molar-refractivity contribution in [1.29, 1.82) is 0 Å². The van der Waals surface area contributed by atoms with Crippen LogP contribution in [0, 0.1) is 0 Å². The molecule has 0 fully saturated rings. The maximum atomic E-state index is 12.5. The number of hydrogen-bond donors (Lipinski definition) is 3. The summed E-state index contributed by atoms with van der Waals surface area (Å²) < 4.78 is 10.2. The third kappa shape index (κ3) is 6.00. The molecule has 2 rings (SSSR count). The molecule has 2 aromatic carbocycles. The van der Waals surface area contributed by atoms with E-state index in [4.69, 9.17) is 15.2 Å². The SMILES string of the molecule is COC(=O)C(Cc1ccccc1)NC(=O)c1ccc(OCCCN)cc1O. The minimum atomic E-state index is -0.871. The van der Waals surface area contributed by atoms with E-state index in [9.17, 15) is 14.7 Å². The minimum Gasteiger partial charge on any atom is -0.507 e. The second-order valence-electron chi connectivity index (χ2n) is 5.91. The summed E-state index contributed by atoms with van der Waals surface area (Å²) in [6.07, 6.45) is 0.962. The summed E-state index contributed by atoms with van der Waals surface area (Å²) in [5.41, 5.74) is 6.32. The van der Waals surface area contributed by atoms with E-state index in [2.05, 4.69) is 5.32 Å². The van der Waals surface area contributed by atoms with Crippen LogP contribution in [0.2, 0.25) is 0 Å². The van der Waals surface area contributed by atoms with Crippen LogP contribution < -0.4 is 15.8 Å². The van der Waals surface area contributed by atoms with Crippen molar-refractivity contribution in [2.75, 3.05) is 20.3 Å². The molecule has 0 saturated carbocycles. The van der Waals surface area contributed by atoms with E-state index in [0.717, 1.165) is 5.56 Å². The molecule has 0 heterocycles. The lowest BCUT2D eigenvalue weighted by molar-refractivity contribution is -0.142. The van der Waals surface area contributed by atoms with Crippen molar-refractivity contribution in [2.45, 2.75) is 18.9 Å². The number of rotatable bonds is 9. The Balaban J connectivity index is 2.08. The quantitative estimate of drug-likeness (QED) is 0.456. The Labute approximate surface area is 158 Å². The molecule has 1 unspecified atom stereocenters. The summed E-state index contributed by atoms with van der Waals surface area (Å²) in [6, 6.07) is 12.8. The molecule has 7 nitrogen and oxygen atoms in total. The van der Waals surface area contributed by atoms with Gasteiger partial charge in [-0.1, -0.05) is 30.3 Å². The van der Waals surface area contributed by atoms with Gasteiger partial charge >= 0.3 is 5.97 Å². The minimum absolute atomic E-state index is 0.0446. The molecular formula is C20H24N2O5. The summed E-state index contributed by atoms with van der Waals surface area (Å²) in [7, 11) is 1.26. The van der Waals surface area contributed by atoms with E-state index >= 15 is 0 Å². The Morgan fingerprint density at radius 3 is 2.56 bits per heavy atom. The van der Waals surface area contributed by atoms with Gasteiger partial charge in [-0.3, -0.25) is 4.79 Å². The number of phenolic OH excluding ortho intramolecular Hbond substituents is 1. The lowest BCUT2D eigenvalue weighted by Gasteiger charge is -2.17. The van der Waals surface area contributed by atoms with Crippen LogP contribution in [0.3, 0.4) is 0 Å². The summed E-state index contributed by atoms with van der Waals surface area (Å²) >= 11 is 0. The van der Waals surface area contributed by atoms with Gasteiger partial charge in [-0.2, -0.15) is 0 Å². The molecular weight excluding hydrogens is 348 g/mol. The van der Waals surface area contributed by atoms with Crippen molar-refractivity contribution in [2.24, 2.45) is 5.73 Å². The lowest BCUT2D eigenvalue weighted by atomic mass is 10.1. The highest BCUT2D eigenvalue weighted by molar-refractivity contribution is 5.99. The Hall–Kier alpha value is -3.06. The Kier molecular flexibility index (Phi) is 7.63. The second-order valence-corrected chi connectivity index (χ2v) is 5.91. The zero-order valence-electron chi connectivity index (χ0n) is 15.2. The zero-order chi connectivity index (χ0) is 19.6. The number of hydrogen-bond acceptors (Lipinski definition) is 6. The maximum absolute atomic E-state index is 12.5. The Morgan fingerprint density at radius 2 is 1.93 bits per heavy atom. The molecule has 0 aliphatic carbocycles. The molecule has 1 amide bonds. The number of amides is 1. The fraction of sp³-hybridized carbons (Fsp3) is 0.300. The third-order valence-corrected chi connectivity index (χ3v) is 3.90. The molecule has 0 spiro atoms. The molecule has 0 aliphatic rings. The van der Waals surface area contributed by atoms with Crippen molar-refractivity contribution < 1.29 is 24.2 Å². The van der Waals surface area contributed by atoms with Gasteiger partial charge in [0.15, 0.2) is 0 Å². The third-order valence-electron chi connectivity index (χ3n) is 3.90. The van der Waals surface area contributed by atoms with E-state index < -0.39 is 17.9 Å².